The summed E-state index contributed by atoms with van der Waals surface area (Å²) in [5.74, 6) is -0.551. The van der Waals surface area contributed by atoms with Gasteiger partial charge in [0.1, 0.15) is 11.1 Å². The van der Waals surface area contributed by atoms with Gasteiger partial charge in [-0.05, 0) is 17.7 Å². The van der Waals surface area contributed by atoms with E-state index in [2.05, 4.69) is 5.32 Å². The molecule has 1 unspecified atom stereocenters. The molecule has 0 bridgehead atoms. The van der Waals surface area contributed by atoms with E-state index in [1.54, 1.807) is 29.2 Å². The van der Waals surface area contributed by atoms with E-state index >= 15 is 0 Å². The number of rotatable bonds is 2. The molecule has 1 aromatic heterocycles. The first-order valence-corrected chi connectivity index (χ1v) is 8.79. The van der Waals surface area contributed by atoms with Crippen molar-refractivity contribution >= 4 is 22.8 Å². The number of amides is 2. The van der Waals surface area contributed by atoms with Crippen molar-refractivity contribution in [2.24, 2.45) is 0 Å². The van der Waals surface area contributed by atoms with E-state index in [4.69, 9.17) is 4.42 Å². The van der Waals surface area contributed by atoms with Crippen molar-refractivity contribution in [1.29, 1.82) is 0 Å². The molecule has 0 spiro atoms. The van der Waals surface area contributed by atoms with Crippen molar-refractivity contribution in [3.05, 3.63) is 82.2 Å². The minimum Gasteiger partial charge on any atom is -0.422 e. The molecule has 0 aliphatic carbocycles. The van der Waals surface area contributed by atoms with Crippen LogP contribution in [-0.4, -0.2) is 29.8 Å². The fourth-order valence-electron chi connectivity index (χ4n) is 3.41. The lowest BCUT2D eigenvalue weighted by atomic mass is 10.0. The van der Waals surface area contributed by atoms with Crippen molar-refractivity contribution in [3.8, 4) is 0 Å². The van der Waals surface area contributed by atoms with Crippen LogP contribution in [0.1, 0.15) is 28.4 Å². The highest BCUT2D eigenvalue weighted by Crippen LogP contribution is 2.27. The van der Waals surface area contributed by atoms with Gasteiger partial charge in [0, 0.05) is 18.5 Å². The Morgan fingerprint density at radius 1 is 1.04 bits per heavy atom. The van der Waals surface area contributed by atoms with Gasteiger partial charge in [-0.2, -0.15) is 0 Å². The van der Waals surface area contributed by atoms with E-state index in [1.165, 1.54) is 0 Å². The molecule has 1 saturated heterocycles. The van der Waals surface area contributed by atoms with Crippen molar-refractivity contribution in [2.45, 2.75) is 12.5 Å². The SMILES string of the molecule is O=C1CC(c2ccccc2)N(C(=O)c2cc3ccccc3oc2=O)CCN1. The van der Waals surface area contributed by atoms with Crippen LogP contribution in [0.5, 0.6) is 0 Å². The smallest absolute Gasteiger partial charge is 0.349 e. The van der Waals surface area contributed by atoms with E-state index in [9.17, 15) is 14.4 Å². The maximum absolute atomic E-state index is 13.2. The Kier molecular flexibility index (Phi) is 4.46. The van der Waals surface area contributed by atoms with E-state index in [1.807, 2.05) is 36.4 Å². The molecule has 2 amide bonds. The topological polar surface area (TPSA) is 79.6 Å². The Hall–Kier alpha value is -3.41. The Labute approximate surface area is 155 Å². The van der Waals surface area contributed by atoms with Crippen molar-refractivity contribution < 1.29 is 14.0 Å². The highest BCUT2D eigenvalue weighted by atomic mass is 16.4. The maximum Gasteiger partial charge on any atom is 0.349 e. The number of carbonyl (C=O) groups excluding carboxylic acids is 2. The molecule has 2 aromatic carbocycles. The zero-order valence-corrected chi connectivity index (χ0v) is 14.6. The number of fused-ring (bicyclic) bond motifs is 1. The molecule has 0 radical (unpaired) electrons. The summed E-state index contributed by atoms with van der Waals surface area (Å²) in [5, 5.41) is 3.47. The van der Waals surface area contributed by atoms with Crippen LogP contribution >= 0.6 is 0 Å². The fourth-order valence-corrected chi connectivity index (χ4v) is 3.41. The van der Waals surface area contributed by atoms with E-state index in [0.29, 0.717) is 24.1 Å². The third-order valence-corrected chi connectivity index (χ3v) is 4.75. The second-order valence-corrected chi connectivity index (χ2v) is 6.46. The highest BCUT2D eigenvalue weighted by molar-refractivity contribution is 5.97. The molecule has 6 heteroatoms. The number of nitrogens with one attached hydrogen (secondary N) is 1. The number of para-hydroxylation sites is 1. The van der Waals surface area contributed by atoms with Crippen molar-refractivity contribution in [1.82, 2.24) is 10.2 Å². The first-order chi connectivity index (χ1) is 13.1. The molecular weight excluding hydrogens is 344 g/mol. The minimum absolute atomic E-state index is 0.0241. The van der Waals surface area contributed by atoms with Gasteiger partial charge in [-0.3, -0.25) is 9.59 Å². The van der Waals surface area contributed by atoms with E-state index < -0.39 is 17.6 Å². The van der Waals surface area contributed by atoms with Crippen LogP contribution in [0.2, 0.25) is 0 Å². The van der Waals surface area contributed by atoms with Gasteiger partial charge in [-0.1, -0.05) is 48.5 Å². The summed E-state index contributed by atoms with van der Waals surface area (Å²) in [7, 11) is 0. The number of hydrogen-bond acceptors (Lipinski definition) is 4. The van der Waals surface area contributed by atoms with Crippen LogP contribution in [0.3, 0.4) is 0 Å². The van der Waals surface area contributed by atoms with Crippen LogP contribution < -0.4 is 10.9 Å². The lowest BCUT2D eigenvalue weighted by Gasteiger charge is -2.29. The number of benzene rings is 2. The first-order valence-electron chi connectivity index (χ1n) is 8.79. The molecule has 1 aliphatic heterocycles. The molecule has 1 atom stereocenters. The summed E-state index contributed by atoms with van der Waals surface area (Å²) >= 11 is 0. The Morgan fingerprint density at radius 3 is 2.59 bits per heavy atom. The first kappa shape index (κ1) is 17.0. The molecule has 1 fully saturated rings. The lowest BCUT2D eigenvalue weighted by molar-refractivity contribution is -0.121. The van der Waals surface area contributed by atoms with Crippen LogP contribution in [0.25, 0.3) is 11.0 Å². The summed E-state index contributed by atoms with van der Waals surface area (Å²) in [6, 6.07) is 17.6. The fraction of sp³-hybridized carbons (Fsp3) is 0.190. The number of hydrogen-bond donors (Lipinski definition) is 1. The molecule has 1 N–H and O–H groups in total. The van der Waals surface area contributed by atoms with Crippen LogP contribution in [0.4, 0.5) is 0 Å². The van der Waals surface area contributed by atoms with Crippen molar-refractivity contribution in [3.63, 3.8) is 0 Å². The van der Waals surface area contributed by atoms with E-state index in [0.717, 1.165) is 5.56 Å². The minimum atomic E-state index is -0.672. The van der Waals surface area contributed by atoms with Gasteiger partial charge in [0.25, 0.3) is 5.91 Å². The lowest BCUT2D eigenvalue weighted by Crippen LogP contribution is -2.38. The van der Waals surface area contributed by atoms with Gasteiger partial charge in [0.15, 0.2) is 0 Å². The quantitative estimate of drug-likeness (QED) is 0.711. The molecule has 6 nitrogen and oxygen atoms in total. The summed E-state index contributed by atoms with van der Waals surface area (Å²) in [5.41, 5.74) is 0.595. The summed E-state index contributed by atoms with van der Waals surface area (Å²) in [6.07, 6.45) is 0.147. The van der Waals surface area contributed by atoms with Crippen LogP contribution in [0, 0.1) is 0 Å². The number of carbonyl (C=O) groups is 2. The molecule has 3 aromatic rings. The second-order valence-electron chi connectivity index (χ2n) is 6.46. The Balaban J connectivity index is 1.77. The standard InChI is InChI=1S/C21H18N2O4/c24-19-13-17(14-6-2-1-3-7-14)23(11-10-22-19)20(25)16-12-15-8-4-5-9-18(15)27-21(16)26/h1-9,12,17H,10-11,13H2,(H,22,24). The average Bonchev–Trinajstić information content (AvgIpc) is 2.89. The van der Waals surface area contributed by atoms with Gasteiger partial charge in [0.2, 0.25) is 5.91 Å². The summed E-state index contributed by atoms with van der Waals surface area (Å²) in [6.45, 7) is 0.656. The predicted molar refractivity (Wildman–Crippen MR) is 100 cm³/mol. The van der Waals surface area contributed by atoms with Crippen LogP contribution in [0.15, 0.2) is 69.9 Å². The zero-order chi connectivity index (χ0) is 18.8. The van der Waals surface area contributed by atoms with Crippen LogP contribution in [-0.2, 0) is 4.79 Å². The summed E-state index contributed by atoms with van der Waals surface area (Å²) < 4.78 is 5.31. The molecule has 136 valence electrons. The highest BCUT2D eigenvalue weighted by Gasteiger charge is 2.31. The van der Waals surface area contributed by atoms with Gasteiger partial charge in [-0.25, -0.2) is 4.79 Å². The molecule has 0 saturated carbocycles. The number of nitrogens with zero attached hydrogens (tertiary/aromatic N) is 1. The normalized spacial score (nSPS) is 17.4. The second kappa shape index (κ2) is 7.07. The Bertz CT molecular complexity index is 1060. The van der Waals surface area contributed by atoms with Gasteiger partial charge >= 0.3 is 5.63 Å². The van der Waals surface area contributed by atoms with E-state index in [-0.39, 0.29) is 17.9 Å². The molecular formula is C21H18N2O4. The molecule has 27 heavy (non-hydrogen) atoms. The third-order valence-electron chi connectivity index (χ3n) is 4.75. The Morgan fingerprint density at radius 2 is 1.78 bits per heavy atom. The molecule has 1 aliphatic rings. The largest absolute Gasteiger partial charge is 0.422 e. The zero-order valence-electron chi connectivity index (χ0n) is 14.6. The summed E-state index contributed by atoms with van der Waals surface area (Å²) in [4.78, 5) is 39.3. The monoisotopic (exact) mass is 362 g/mol. The predicted octanol–water partition coefficient (Wildman–Crippen LogP) is 2.50. The average molecular weight is 362 g/mol. The van der Waals surface area contributed by atoms with Gasteiger partial charge in [-0.15, -0.1) is 0 Å². The van der Waals surface area contributed by atoms with Gasteiger partial charge < -0.3 is 14.6 Å². The van der Waals surface area contributed by atoms with Gasteiger partial charge in [0.05, 0.1) is 12.5 Å². The molecule has 4 rings (SSSR count). The third kappa shape index (κ3) is 3.33. The maximum atomic E-state index is 13.2. The van der Waals surface area contributed by atoms with Crippen molar-refractivity contribution in [2.75, 3.05) is 13.1 Å². The molecule has 2 heterocycles.